The molecular weight excluding hydrogens is 424 g/mol. The first-order chi connectivity index (χ1) is 15.3. The van der Waals surface area contributed by atoms with Crippen LogP contribution in [0.1, 0.15) is 22.5 Å². The second-order valence-electron chi connectivity index (χ2n) is 8.13. The maximum absolute atomic E-state index is 12.9. The van der Waals surface area contributed by atoms with Gasteiger partial charge in [-0.15, -0.1) is 0 Å². The molecule has 3 aromatic rings. The summed E-state index contributed by atoms with van der Waals surface area (Å²) in [5, 5.41) is 3.23. The molecule has 0 spiro atoms. The Morgan fingerprint density at radius 2 is 1.59 bits per heavy atom. The summed E-state index contributed by atoms with van der Waals surface area (Å²) in [7, 11) is -3.36. The predicted octanol–water partition coefficient (Wildman–Crippen LogP) is 3.19. The Morgan fingerprint density at radius 3 is 2.28 bits per heavy atom. The van der Waals surface area contributed by atoms with Crippen LogP contribution in [-0.2, 0) is 15.8 Å². The molecule has 1 aliphatic rings. The van der Waals surface area contributed by atoms with E-state index in [1.165, 1.54) is 0 Å². The van der Waals surface area contributed by atoms with Crippen molar-refractivity contribution in [3.8, 4) is 0 Å². The van der Waals surface area contributed by atoms with Crippen LogP contribution in [0.25, 0.3) is 0 Å². The van der Waals surface area contributed by atoms with E-state index in [1.807, 2.05) is 63.2 Å². The van der Waals surface area contributed by atoms with Crippen LogP contribution in [0, 0.1) is 20.8 Å². The molecule has 0 amide bonds. The summed E-state index contributed by atoms with van der Waals surface area (Å²) < 4.78 is 27.4. The van der Waals surface area contributed by atoms with Crippen LogP contribution in [0.2, 0.25) is 0 Å². The lowest BCUT2D eigenvalue weighted by Gasteiger charge is -2.34. The molecule has 168 valence electrons. The van der Waals surface area contributed by atoms with Crippen molar-refractivity contribution in [1.29, 1.82) is 0 Å². The summed E-state index contributed by atoms with van der Waals surface area (Å²) in [5.74, 6) is 2.84. The number of nitrogens with zero attached hydrogens (tertiary/aromatic N) is 5. The van der Waals surface area contributed by atoms with Gasteiger partial charge in [0.2, 0.25) is 10.0 Å². The monoisotopic (exact) mass is 452 g/mol. The van der Waals surface area contributed by atoms with Gasteiger partial charge in [-0.3, -0.25) is 0 Å². The summed E-state index contributed by atoms with van der Waals surface area (Å²) in [6.07, 6.45) is 1.75. The second-order valence-corrected chi connectivity index (χ2v) is 10.1. The molecule has 3 heterocycles. The molecule has 0 atom stereocenters. The zero-order valence-electron chi connectivity index (χ0n) is 18.6. The molecule has 2 aromatic heterocycles. The van der Waals surface area contributed by atoms with Gasteiger partial charge in [0.25, 0.3) is 0 Å². The summed E-state index contributed by atoms with van der Waals surface area (Å²) in [5.41, 5.74) is 3.04. The zero-order chi connectivity index (χ0) is 22.7. The summed E-state index contributed by atoms with van der Waals surface area (Å²) in [4.78, 5) is 15.5. The van der Waals surface area contributed by atoms with Crippen LogP contribution in [0.15, 0.2) is 48.7 Å². The van der Waals surface area contributed by atoms with E-state index in [0.29, 0.717) is 37.8 Å². The molecule has 32 heavy (non-hydrogen) atoms. The minimum atomic E-state index is -3.36. The molecule has 4 rings (SSSR count). The van der Waals surface area contributed by atoms with E-state index < -0.39 is 10.0 Å². The third-order valence-corrected chi connectivity index (χ3v) is 7.27. The number of aryl methyl sites for hydroxylation is 3. The number of benzene rings is 1. The van der Waals surface area contributed by atoms with E-state index in [0.717, 1.165) is 28.3 Å². The van der Waals surface area contributed by atoms with E-state index in [2.05, 4.69) is 25.2 Å². The van der Waals surface area contributed by atoms with E-state index in [-0.39, 0.29) is 5.75 Å². The number of anilines is 3. The van der Waals surface area contributed by atoms with Crippen LogP contribution in [-0.4, -0.2) is 53.9 Å². The van der Waals surface area contributed by atoms with E-state index >= 15 is 0 Å². The highest BCUT2D eigenvalue weighted by Crippen LogP contribution is 2.22. The normalized spacial score (nSPS) is 15.0. The van der Waals surface area contributed by atoms with E-state index in [4.69, 9.17) is 0 Å². The second kappa shape index (κ2) is 9.22. The Hall–Kier alpha value is -3.04. The topological polar surface area (TPSA) is 91.3 Å². The third kappa shape index (κ3) is 5.41. The van der Waals surface area contributed by atoms with Crippen LogP contribution >= 0.6 is 0 Å². The first-order valence-corrected chi connectivity index (χ1v) is 12.2. The molecule has 0 aliphatic carbocycles. The van der Waals surface area contributed by atoms with E-state index in [9.17, 15) is 8.42 Å². The molecule has 0 radical (unpaired) electrons. The molecular formula is C23H28N6O2S. The van der Waals surface area contributed by atoms with Gasteiger partial charge in [0.15, 0.2) is 0 Å². The maximum atomic E-state index is 12.9. The lowest BCUT2D eigenvalue weighted by atomic mass is 10.2. The molecule has 1 aromatic carbocycles. The number of rotatable bonds is 6. The van der Waals surface area contributed by atoms with Gasteiger partial charge in [-0.1, -0.05) is 29.8 Å². The Kier molecular flexibility index (Phi) is 6.38. The molecule has 1 saturated heterocycles. The zero-order valence-corrected chi connectivity index (χ0v) is 19.4. The van der Waals surface area contributed by atoms with Gasteiger partial charge in [0.05, 0.1) is 5.75 Å². The SMILES string of the molecule is Cc1ccc(CS(=O)(=O)N2CCN(c3cc(Nc4cc(C)ccn4)nc(C)n3)CC2)cc1. The number of hydrogen-bond donors (Lipinski definition) is 1. The molecule has 0 unspecified atom stereocenters. The number of pyridine rings is 1. The van der Waals surface area contributed by atoms with Gasteiger partial charge < -0.3 is 10.2 Å². The molecule has 9 heteroatoms. The van der Waals surface area contributed by atoms with E-state index in [1.54, 1.807) is 10.5 Å². The Morgan fingerprint density at radius 1 is 0.875 bits per heavy atom. The Balaban J connectivity index is 1.42. The molecule has 0 saturated carbocycles. The van der Waals surface area contributed by atoms with Crippen molar-refractivity contribution in [2.45, 2.75) is 26.5 Å². The molecule has 0 bridgehead atoms. The van der Waals surface area contributed by atoms with Crippen LogP contribution < -0.4 is 10.2 Å². The van der Waals surface area contributed by atoms with Gasteiger partial charge in [-0.05, 0) is 44.0 Å². The largest absolute Gasteiger partial charge is 0.354 e. The summed E-state index contributed by atoms with van der Waals surface area (Å²) >= 11 is 0. The highest BCUT2D eigenvalue weighted by molar-refractivity contribution is 7.88. The number of aromatic nitrogens is 3. The lowest BCUT2D eigenvalue weighted by molar-refractivity contribution is 0.383. The van der Waals surface area contributed by atoms with Gasteiger partial charge >= 0.3 is 0 Å². The average molecular weight is 453 g/mol. The fourth-order valence-electron chi connectivity index (χ4n) is 3.70. The first-order valence-electron chi connectivity index (χ1n) is 10.6. The smallest absolute Gasteiger partial charge is 0.218 e. The van der Waals surface area contributed by atoms with Gasteiger partial charge in [0, 0.05) is 38.4 Å². The average Bonchev–Trinajstić information content (AvgIpc) is 2.75. The predicted molar refractivity (Wildman–Crippen MR) is 127 cm³/mol. The fraction of sp³-hybridized carbons (Fsp3) is 0.348. The molecule has 1 fully saturated rings. The summed E-state index contributed by atoms with van der Waals surface area (Å²) in [6, 6.07) is 13.4. The van der Waals surface area contributed by atoms with Crippen molar-refractivity contribution in [3.63, 3.8) is 0 Å². The van der Waals surface area contributed by atoms with Crippen molar-refractivity contribution in [3.05, 3.63) is 71.2 Å². The Bertz CT molecular complexity index is 1190. The summed E-state index contributed by atoms with van der Waals surface area (Å²) in [6.45, 7) is 7.86. The number of hydrogen-bond acceptors (Lipinski definition) is 7. The lowest BCUT2D eigenvalue weighted by Crippen LogP contribution is -2.49. The standard InChI is InChI=1S/C23H28N6O2S/c1-17-4-6-20(7-5-17)16-32(30,31)29-12-10-28(11-13-29)23-15-22(25-19(3)26-23)27-21-14-18(2)8-9-24-21/h4-9,14-15H,10-13,16H2,1-3H3,(H,24,25,26,27). The van der Waals surface area contributed by atoms with Crippen molar-refractivity contribution in [2.75, 3.05) is 36.4 Å². The highest BCUT2D eigenvalue weighted by atomic mass is 32.2. The van der Waals surface area contributed by atoms with Crippen LogP contribution in [0.3, 0.4) is 0 Å². The number of piperazine rings is 1. The van der Waals surface area contributed by atoms with Crippen molar-refractivity contribution in [2.24, 2.45) is 0 Å². The maximum Gasteiger partial charge on any atom is 0.218 e. The number of nitrogens with one attached hydrogen (secondary N) is 1. The van der Waals surface area contributed by atoms with Crippen molar-refractivity contribution in [1.82, 2.24) is 19.3 Å². The quantitative estimate of drug-likeness (QED) is 0.614. The van der Waals surface area contributed by atoms with Gasteiger partial charge in [-0.25, -0.2) is 23.4 Å². The minimum absolute atomic E-state index is 0.0253. The molecule has 8 nitrogen and oxygen atoms in total. The molecule has 1 N–H and O–H groups in total. The first kappa shape index (κ1) is 22.2. The van der Waals surface area contributed by atoms with Crippen LogP contribution in [0.5, 0.6) is 0 Å². The van der Waals surface area contributed by atoms with Crippen molar-refractivity contribution < 1.29 is 8.42 Å². The third-order valence-electron chi connectivity index (χ3n) is 5.42. The van der Waals surface area contributed by atoms with Crippen LogP contribution in [0.4, 0.5) is 17.5 Å². The number of sulfonamides is 1. The van der Waals surface area contributed by atoms with Gasteiger partial charge in [0.1, 0.15) is 23.3 Å². The van der Waals surface area contributed by atoms with Crippen molar-refractivity contribution >= 4 is 27.5 Å². The minimum Gasteiger partial charge on any atom is -0.354 e. The Labute approximate surface area is 189 Å². The van der Waals surface area contributed by atoms with Gasteiger partial charge in [-0.2, -0.15) is 4.31 Å². The fourth-order valence-corrected chi connectivity index (χ4v) is 5.21. The highest BCUT2D eigenvalue weighted by Gasteiger charge is 2.28. The molecule has 1 aliphatic heterocycles.